The highest BCUT2D eigenvalue weighted by Crippen LogP contribution is 2.06. The minimum absolute atomic E-state index is 0. The molecule has 0 saturated carbocycles. The van der Waals surface area contributed by atoms with Crippen LogP contribution in [0.25, 0.3) is 0 Å². The molecule has 3 N–H and O–H groups in total. The second-order valence-corrected chi connectivity index (χ2v) is 2.67. The van der Waals surface area contributed by atoms with Gasteiger partial charge in [0.2, 0.25) is 0 Å². The van der Waals surface area contributed by atoms with Gasteiger partial charge in [-0.2, -0.15) is 5.06 Å². The second-order valence-electron chi connectivity index (χ2n) is 2.67. The predicted molar refractivity (Wildman–Crippen MR) is 42.4 cm³/mol. The van der Waals surface area contributed by atoms with Crippen LogP contribution in [0.1, 0.15) is 19.3 Å². The Morgan fingerprint density at radius 3 is 2.80 bits per heavy atom. The van der Waals surface area contributed by atoms with Crippen LogP contribution in [0.4, 0.5) is 0 Å². The van der Waals surface area contributed by atoms with Gasteiger partial charge in [0, 0.05) is 19.1 Å². The van der Waals surface area contributed by atoms with E-state index in [4.69, 9.17) is 10.9 Å². The third-order valence-electron chi connectivity index (χ3n) is 1.69. The predicted octanol–water partition coefficient (Wildman–Crippen LogP) is 0.611. The van der Waals surface area contributed by atoms with Crippen LogP contribution < -0.4 is 5.73 Å². The molecule has 1 atom stereocenters. The molecule has 0 aliphatic carbocycles. The van der Waals surface area contributed by atoms with Crippen molar-refractivity contribution < 1.29 is 5.21 Å². The van der Waals surface area contributed by atoms with Crippen LogP contribution in [-0.2, 0) is 0 Å². The zero-order valence-electron chi connectivity index (χ0n) is 5.99. The van der Waals surface area contributed by atoms with Gasteiger partial charge in [0.25, 0.3) is 0 Å². The molecule has 0 aromatic rings. The first-order chi connectivity index (χ1) is 4.29. The van der Waals surface area contributed by atoms with Crippen molar-refractivity contribution in [3.8, 4) is 0 Å². The van der Waals surface area contributed by atoms with Crippen molar-refractivity contribution in [1.82, 2.24) is 5.06 Å². The van der Waals surface area contributed by atoms with Crippen LogP contribution in [-0.4, -0.2) is 29.4 Å². The monoisotopic (exact) mass is 166 g/mol. The molecule has 10 heavy (non-hydrogen) atoms. The van der Waals surface area contributed by atoms with Gasteiger partial charge in [0.15, 0.2) is 0 Å². The molecule has 0 bridgehead atoms. The van der Waals surface area contributed by atoms with Crippen molar-refractivity contribution in [2.75, 3.05) is 13.1 Å². The van der Waals surface area contributed by atoms with Crippen LogP contribution in [0.2, 0.25) is 0 Å². The Morgan fingerprint density at radius 2 is 2.10 bits per heavy atom. The van der Waals surface area contributed by atoms with Gasteiger partial charge in [0.05, 0.1) is 0 Å². The van der Waals surface area contributed by atoms with E-state index in [9.17, 15) is 0 Å². The average molecular weight is 167 g/mol. The lowest BCUT2D eigenvalue weighted by molar-refractivity contribution is -0.0899. The van der Waals surface area contributed by atoms with Crippen molar-refractivity contribution in [1.29, 1.82) is 0 Å². The van der Waals surface area contributed by atoms with Crippen LogP contribution in [0.3, 0.4) is 0 Å². The highest BCUT2D eigenvalue weighted by Gasteiger charge is 2.11. The summed E-state index contributed by atoms with van der Waals surface area (Å²) in [7, 11) is 0. The normalized spacial score (nSPS) is 28.8. The number of halogens is 1. The SMILES string of the molecule is Cl.N[C@H]1CCCCN(O)C1. The van der Waals surface area contributed by atoms with Crippen LogP contribution >= 0.6 is 12.4 Å². The Labute approximate surface area is 67.6 Å². The molecule has 1 heterocycles. The number of hydrogen-bond acceptors (Lipinski definition) is 3. The number of hydroxylamine groups is 2. The number of rotatable bonds is 0. The molecule has 0 spiro atoms. The minimum atomic E-state index is 0. The fraction of sp³-hybridized carbons (Fsp3) is 1.00. The average Bonchev–Trinajstić information content (AvgIpc) is 1.93. The molecule has 0 unspecified atom stereocenters. The molecule has 1 aliphatic rings. The molecule has 0 amide bonds. The summed E-state index contributed by atoms with van der Waals surface area (Å²) in [5.41, 5.74) is 5.62. The summed E-state index contributed by atoms with van der Waals surface area (Å²) in [6.45, 7) is 1.42. The minimum Gasteiger partial charge on any atom is -0.326 e. The summed E-state index contributed by atoms with van der Waals surface area (Å²) in [5.74, 6) is 0. The molecule has 1 aliphatic heterocycles. The van der Waals surface area contributed by atoms with Gasteiger partial charge in [0.1, 0.15) is 0 Å². The van der Waals surface area contributed by atoms with E-state index in [1.165, 1.54) is 5.06 Å². The van der Waals surface area contributed by atoms with E-state index in [-0.39, 0.29) is 18.4 Å². The molecule has 4 heteroatoms. The van der Waals surface area contributed by atoms with Gasteiger partial charge in [-0.05, 0) is 12.8 Å². The summed E-state index contributed by atoms with van der Waals surface area (Å²) in [4.78, 5) is 0. The lowest BCUT2D eigenvalue weighted by Gasteiger charge is -2.13. The molecule has 1 saturated heterocycles. The first-order valence-corrected chi connectivity index (χ1v) is 3.48. The van der Waals surface area contributed by atoms with Crippen molar-refractivity contribution >= 4 is 12.4 Å². The Balaban J connectivity index is 0.000000810. The van der Waals surface area contributed by atoms with E-state index >= 15 is 0 Å². The summed E-state index contributed by atoms with van der Waals surface area (Å²) >= 11 is 0. The Kier molecular flexibility index (Phi) is 4.99. The van der Waals surface area contributed by atoms with Gasteiger partial charge in [-0.3, -0.25) is 0 Å². The molecule has 62 valence electrons. The standard InChI is InChI=1S/C6H14N2O.ClH/c7-6-3-1-2-4-8(9)5-6;/h6,9H,1-5,7H2;1H/t6-;/m0./s1. The van der Waals surface area contributed by atoms with Crippen LogP contribution in [0.5, 0.6) is 0 Å². The lowest BCUT2D eigenvalue weighted by Crippen LogP contribution is -2.33. The van der Waals surface area contributed by atoms with Crippen LogP contribution in [0, 0.1) is 0 Å². The molecule has 0 aromatic carbocycles. The van der Waals surface area contributed by atoms with Gasteiger partial charge < -0.3 is 10.9 Å². The quantitative estimate of drug-likeness (QED) is 0.555. The first kappa shape index (κ1) is 10.2. The zero-order chi connectivity index (χ0) is 6.69. The van der Waals surface area contributed by atoms with E-state index in [2.05, 4.69) is 0 Å². The second kappa shape index (κ2) is 4.91. The molecule has 1 fully saturated rings. The highest BCUT2D eigenvalue weighted by molar-refractivity contribution is 5.85. The van der Waals surface area contributed by atoms with Gasteiger partial charge in [-0.25, -0.2) is 0 Å². The fourth-order valence-electron chi connectivity index (χ4n) is 1.15. The van der Waals surface area contributed by atoms with E-state index in [1.807, 2.05) is 0 Å². The van der Waals surface area contributed by atoms with E-state index in [1.54, 1.807) is 0 Å². The third-order valence-corrected chi connectivity index (χ3v) is 1.69. The van der Waals surface area contributed by atoms with E-state index < -0.39 is 0 Å². The van der Waals surface area contributed by atoms with Gasteiger partial charge in [-0.15, -0.1) is 12.4 Å². The molecular formula is C6H15ClN2O. The fourth-order valence-corrected chi connectivity index (χ4v) is 1.15. The number of nitrogens with two attached hydrogens (primary N) is 1. The molecule has 0 radical (unpaired) electrons. The van der Waals surface area contributed by atoms with Crippen molar-refractivity contribution in [3.05, 3.63) is 0 Å². The van der Waals surface area contributed by atoms with E-state index in [0.717, 1.165) is 25.8 Å². The van der Waals surface area contributed by atoms with Crippen molar-refractivity contribution in [2.24, 2.45) is 5.73 Å². The van der Waals surface area contributed by atoms with Crippen molar-refractivity contribution in [3.63, 3.8) is 0 Å². The maximum absolute atomic E-state index is 9.01. The maximum atomic E-state index is 9.01. The number of hydrogen-bond donors (Lipinski definition) is 2. The summed E-state index contributed by atoms with van der Waals surface area (Å²) < 4.78 is 0. The lowest BCUT2D eigenvalue weighted by atomic mass is 10.2. The first-order valence-electron chi connectivity index (χ1n) is 3.48. The highest BCUT2D eigenvalue weighted by atomic mass is 35.5. The van der Waals surface area contributed by atoms with Crippen LogP contribution in [0.15, 0.2) is 0 Å². The Morgan fingerprint density at radius 1 is 1.40 bits per heavy atom. The number of nitrogens with zero attached hydrogens (tertiary/aromatic N) is 1. The summed E-state index contributed by atoms with van der Waals surface area (Å²) in [6.07, 6.45) is 3.28. The largest absolute Gasteiger partial charge is 0.326 e. The topological polar surface area (TPSA) is 49.5 Å². The third kappa shape index (κ3) is 3.37. The molecular weight excluding hydrogens is 152 g/mol. The smallest absolute Gasteiger partial charge is 0.0389 e. The maximum Gasteiger partial charge on any atom is 0.0389 e. The Hall–Kier alpha value is 0.170. The van der Waals surface area contributed by atoms with Gasteiger partial charge >= 0.3 is 0 Å². The van der Waals surface area contributed by atoms with Gasteiger partial charge in [-0.1, -0.05) is 6.42 Å². The Bertz CT molecular complexity index is 81.8. The summed E-state index contributed by atoms with van der Waals surface area (Å²) in [5, 5.41) is 10.3. The molecule has 0 aromatic heterocycles. The zero-order valence-corrected chi connectivity index (χ0v) is 6.81. The molecule has 1 rings (SSSR count). The molecule has 3 nitrogen and oxygen atoms in total. The van der Waals surface area contributed by atoms with Crippen molar-refractivity contribution in [2.45, 2.75) is 25.3 Å². The van der Waals surface area contributed by atoms with E-state index in [0.29, 0.717) is 6.54 Å². The summed E-state index contributed by atoms with van der Waals surface area (Å²) in [6, 6.07) is 0.178.